The van der Waals surface area contributed by atoms with Gasteiger partial charge in [0.2, 0.25) is 5.82 Å². The Morgan fingerprint density at radius 2 is 2.15 bits per heavy atom. The number of carbonyl (C=O) groups excluding carboxylic acids is 1. The van der Waals surface area contributed by atoms with Gasteiger partial charge in [-0.15, -0.1) is 11.3 Å². The van der Waals surface area contributed by atoms with Crippen molar-refractivity contribution < 1.29 is 18.8 Å². The summed E-state index contributed by atoms with van der Waals surface area (Å²) in [5.41, 5.74) is 1.06. The first kappa shape index (κ1) is 18.2. The van der Waals surface area contributed by atoms with Gasteiger partial charge in [-0.05, 0) is 49.2 Å². The molecule has 2 aromatic rings. The van der Waals surface area contributed by atoms with E-state index in [0.717, 1.165) is 41.8 Å². The maximum Gasteiger partial charge on any atom is 0.341 e. The summed E-state index contributed by atoms with van der Waals surface area (Å²) in [6.45, 7) is 0. The summed E-state index contributed by atoms with van der Waals surface area (Å²) in [5.74, 6) is -1.37. The fraction of sp³-hybridized carbons (Fsp3) is 0.250. The number of nitro benzene ring substituents is 1. The smallest absolute Gasteiger partial charge is 0.341 e. The molecule has 7 nitrogen and oxygen atoms in total. The quantitative estimate of drug-likeness (QED) is 0.351. The lowest BCUT2D eigenvalue weighted by molar-refractivity contribution is -0.387. The second kappa shape index (κ2) is 7.34. The minimum Gasteiger partial charge on any atom is -0.465 e. The summed E-state index contributed by atoms with van der Waals surface area (Å²) in [4.78, 5) is 23.2. The highest BCUT2D eigenvalue weighted by molar-refractivity contribution is 7.80. The van der Waals surface area contributed by atoms with E-state index >= 15 is 0 Å². The van der Waals surface area contributed by atoms with Gasteiger partial charge in [-0.2, -0.15) is 4.39 Å². The number of hydrogen-bond donors (Lipinski definition) is 2. The first-order valence-electron chi connectivity index (χ1n) is 7.65. The summed E-state index contributed by atoms with van der Waals surface area (Å²) in [6, 6.07) is 3.38. The highest BCUT2D eigenvalue weighted by atomic mass is 32.1. The van der Waals surface area contributed by atoms with E-state index in [1.807, 2.05) is 0 Å². The Balaban J connectivity index is 1.80. The van der Waals surface area contributed by atoms with Crippen molar-refractivity contribution >= 4 is 51.0 Å². The van der Waals surface area contributed by atoms with Gasteiger partial charge in [0.15, 0.2) is 5.11 Å². The van der Waals surface area contributed by atoms with Crippen LogP contribution in [0.4, 0.5) is 20.8 Å². The number of carbonyl (C=O) groups is 1. The fourth-order valence-corrected chi connectivity index (χ4v) is 4.37. The van der Waals surface area contributed by atoms with Crippen molar-refractivity contribution in [2.24, 2.45) is 0 Å². The zero-order valence-electron chi connectivity index (χ0n) is 13.6. The number of benzene rings is 1. The Labute approximate surface area is 157 Å². The van der Waals surface area contributed by atoms with E-state index in [9.17, 15) is 19.3 Å². The average molecular weight is 395 g/mol. The van der Waals surface area contributed by atoms with Crippen molar-refractivity contribution in [3.63, 3.8) is 0 Å². The third kappa shape index (κ3) is 3.51. The molecule has 1 aromatic heterocycles. The number of ether oxygens (including phenoxy) is 1. The number of nitrogens with zero attached hydrogens (tertiary/aromatic N) is 1. The molecule has 0 aliphatic heterocycles. The van der Waals surface area contributed by atoms with Crippen LogP contribution in [0.5, 0.6) is 0 Å². The van der Waals surface area contributed by atoms with Crippen LogP contribution in [0.15, 0.2) is 18.2 Å². The number of nitro groups is 1. The Kier molecular flexibility index (Phi) is 5.14. The average Bonchev–Trinajstić information content (AvgIpc) is 3.16. The fourth-order valence-electron chi connectivity index (χ4n) is 2.81. The predicted octanol–water partition coefficient (Wildman–Crippen LogP) is 3.88. The van der Waals surface area contributed by atoms with Gasteiger partial charge in [0, 0.05) is 16.6 Å². The summed E-state index contributed by atoms with van der Waals surface area (Å²) >= 11 is 6.65. The van der Waals surface area contributed by atoms with E-state index in [1.165, 1.54) is 24.5 Å². The van der Waals surface area contributed by atoms with Gasteiger partial charge in [-0.3, -0.25) is 10.1 Å². The maximum absolute atomic E-state index is 13.4. The standard InChI is InChI=1S/C16H14FN3O4S2/c1-24-15(21)13-9-3-2-4-12(9)26-14(13)19-16(25)18-8-5-6-10(17)11(7-8)20(22)23/h5-7H,2-4H2,1H3,(H2,18,19,25). The number of esters is 1. The topological polar surface area (TPSA) is 93.5 Å². The van der Waals surface area contributed by atoms with E-state index in [4.69, 9.17) is 17.0 Å². The number of nitrogens with one attached hydrogen (secondary N) is 2. The van der Waals surface area contributed by atoms with Crippen LogP contribution in [-0.2, 0) is 17.6 Å². The van der Waals surface area contributed by atoms with Gasteiger partial charge in [0.05, 0.1) is 17.6 Å². The number of rotatable bonds is 4. The zero-order chi connectivity index (χ0) is 18.8. The summed E-state index contributed by atoms with van der Waals surface area (Å²) in [7, 11) is 1.32. The second-order valence-corrected chi connectivity index (χ2v) is 7.07. The molecule has 3 rings (SSSR count). The number of anilines is 2. The van der Waals surface area contributed by atoms with Crippen molar-refractivity contribution in [3.05, 3.63) is 50.1 Å². The van der Waals surface area contributed by atoms with Crippen molar-refractivity contribution in [1.82, 2.24) is 0 Å². The largest absolute Gasteiger partial charge is 0.465 e. The number of thiocarbonyl (C=S) groups is 1. The lowest BCUT2D eigenvalue weighted by atomic mass is 10.1. The molecule has 136 valence electrons. The van der Waals surface area contributed by atoms with Gasteiger partial charge in [-0.25, -0.2) is 4.79 Å². The van der Waals surface area contributed by atoms with Crippen LogP contribution >= 0.6 is 23.6 Å². The third-order valence-electron chi connectivity index (χ3n) is 3.94. The third-order valence-corrected chi connectivity index (χ3v) is 5.35. The van der Waals surface area contributed by atoms with Crippen LogP contribution in [0.2, 0.25) is 0 Å². The molecule has 0 saturated carbocycles. The van der Waals surface area contributed by atoms with Crippen LogP contribution in [0.3, 0.4) is 0 Å². The van der Waals surface area contributed by atoms with Gasteiger partial charge in [-0.1, -0.05) is 0 Å². The van der Waals surface area contributed by atoms with E-state index in [-0.39, 0.29) is 10.8 Å². The molecule has 1 heterocycles. The Morgan fingerprint density at radius 1 is 1.38 bits per heavy atom. The summed E-state index contributed by atoms with van der Waals surface area (Å²) in [6.07, 6.45) is 2.70. The monoisotopic (exact) mass is 395 g/mol. The normalized spacial score (nSPS) is 12.4. The number of halogens is 1. The molecule has 0 bridgehead atoms. The highest BCUT2D eigenvalue weighted by Crippen LogP contribution is 2.39. The Morgan fingerprint density at radius 3 is 2.85 bits per heavy atom. The maximum atomic E-state index is 13.4. The van der Waals surface area contributed by atoms with Crippen LogP contribution in [-0.4, -0.2) is 23.1 Å². The predicted molar refractivity (Wildman–Crippen MR) is 101 cm³/mol. The number of methoxy groups -OCH3 is 1. The Bertz CT molecular complexity index is 913. The van der Waals surface area contributed by atoms with Crippen LogP contribution in [0.1, 0.15) is 27.2 Å². The molecule has 10 heteroatoms. The van der Waals surface area contributed by atoms with Crippen LogP contribution < -0.4 is 10.6 Å². The van der Waals surface area contributed by atoms with E-state index in [0.29, 0.717) is 10.6 Å². The lowest BCUT2D eigenvalue weighted by Gasteiger charge is -2.11. The van der Waals surface area contributed by atoms with E-state index < -0.39 is 22.4 Å². The van der Waals surface area contributed by atoms with Crippen molar-refractivity contribution in [1.29, 1.82) is 0 Å². The molecule has 0 fully saturated rings. The minimum absolute atomic E-state index is 0.135. The minimum atomic E-state index is -0.929. The second-order valence-electron chi connectivity index (χ2n) is 5.56. The number of hydrogen-bond acceptors (Lipinski definition) is 6. The van der Waals surface area contributed by atoms with Crippen LogP contribution in [0, 0.1) is 15.9 Å². The molecule has 2 N–H and O–H groups in total. The molecular formula is C16H14FN3O4S2. The lowest BCUT2D eigenvalue weighted by Crippen LogP contribution is -2.20. The summed E-state index contributed by atoms with van der Waals surface area (Å²) in [5, 5.41) is 17.2. The van der Waals surface area contributed by atoms with Gasteiger partial charge < -0.3 is 15.4 Å². The highest BCUT2D eigenvalue weighted by Gasteiger charge is 2.27. The first-order valence-corrected chi connectivity index (χ1v) is 8.88. The molecule has 0 atom stereocenters. The van der Waals surface area contributed by atoms with E-state index in [2.05, 4.69) is 10.6 Å². The number of aryl methyl sites for hydroxylation is 1. The molecule has 1 aromatic carbocycles. The molecule has 0 radical (unpaired) electrons. The van der Waals surface area contributed by atoms with Crippen molar-refractivity contribution in [2.75, 3.05) is 17.7 Å². The molecule has 0 spiro atoms. The summed E-state index contributed by atoms with van der Waals surface area (Å²) < 4.78 is 18.3. The molecule has 0 unspecified atom stereocenters. The zero-order valence-corrected chi connectivity index (χ0v) is 15.3. The van der Waals surface area contributed by atoms with Gasteiger partial charge in [0.1, 0.15) is 5.00 Å². The molecular weight excluding hydrogens is 381 g/mol. The molecule has 26 heavy (non-hydrogen) atoms. The molecule has 1 aliphatic carbocycles. The number of fused-ring (bicyclic) bond motifs is 1. The van der Waals surface area contributed by atoms with Crippen molar-refractivity contribution in [2.45, 2.75) is 19.3 Å². The van der Waals surface area contributed by atoms with Crippen LogP contribution in [0.25, 0.3) is 0 Å². The Hall–Kier alpha value is -2.59. The molecule has 0 saturated heterocycles. The van der Waals surface area contributed by atoms with Gasteiger partial charge >= 0.3 is 11.7 Å². The molecule has 1 aliphatic rings. The van der Waals surface area contributed by atoms with E-state index in [1.54, 1.807) is 0 Å². The van der Waals surface area contributed by atoms with Crippen molar-refractivity contribution in [3.8, 4) is 0 Å². The number of thiophene rings is 1. The SMILES string of the molecule is COC(=O)c1c(NC(=S)Nc2ccc(F)c([N+](=O)[O-])c2)sc2c1CCC2. The molecule has 0 amide bonds. The van der Waals surface area contributed by atoms with Gasteiger partial charge in [0.25, 0.3) is 0 Å². The first-order chi connectivity index (χ1) is 12.4.